The smallest absolute Gasteiger partial charge is 0.363 e. The van der Waals surface area contributed by atoms with Crippen LogP contribution in [0.15, 0.2) is 80.3 Å². The predicted molar refractivity (Wildman–Crippen MR) is 132 cm³/mol. The predicted octanol–water partition coefficient (Wildman–Crippen LogP) is 5.99. The van der Waals surface area contributed by atoms with Crippen LogP contribution in [0.25, 0.3) is 6.08 Å². The van der Waals surface area contributed by atoms with Crippen LogP contribution in [0.4, 0.5) is 5.69 Å². The van der Waals surface area contributed by atoms with E-state index < -0.39 is 16.9 Å². The summed E-state index contributed by atoms with van der Waals surface area (Å²) in [5.74, 6) is -1.05. The maximum atomic E-state index is 12.7. The maximum Gasteiger partial charge on any atom is 0.363 e. The van der Waals surface area contributed by atoms with Gasteiger partial charge in [-0.1, -0.05) is 33.6 Å². The second kappa shape index (κ2) is 9.70. The van der Waals surface area contributed by atoms with Crippen LogP contribution in [0.1, 0.15) is 27.0 Å². The fourth-order valence-corrected chi connectivity index (χ4v) is 4.38. The monoisotopic (exact) mass is 584 g/mol. The normalized spacial score (nSPS) is 14.0. The Labute approximate surface area is 210 Å². The van der Waals surface area contributed by atoms with E-state index in [1.54, 1.807) is 24.3 Å². The van der Waals surface area contributed by atoms with Gasteiger partial charge in [0.15, 0.2) is 11.4 Å². The highest BCUT2D eigenvalue weighted by Gasteiger charge is 2.25. The molecule has 0 radical (unpaired) electrons. The van der Waals surface area contributed by atoms with E-state index in [0.717, 1.165) is 5.56 Å². The van der Waals surface area contributed by atoms with Crippen molar-refractivity contribution in [3.8, 4) is 5.75 Å². The first kappa shape index (κ1) is 23.5. The number of aliphatic imine (C=N–C) groups is 1. The summed E-state index contributed by atoms with van der Waals surface area (Å²) in [5.41, 5.74) is 2.11. The number of aryl methyl sites for hydroxylation is 1. The summed E-state index contributed by atoms with van der Waals surface area (Å²) in [5, 5.41) is 10.8. The van der Waals surface area contributed by atoms with E-state index in [1.807, 2.05) is 19.1 Å². The summed E-state index contributed by atoms with van der Waals surface area (Å²) in [4.78, 5) is 39.7. The van der Waals surface area contributed by atoms with Crippen molar-refractivity contribution < 1.29 is 24.0 Å². The van der Waals surface area contributed by atoms with Gasteiger partial charge in [-0.25, -0.2) is 14.6 Å². The van der Waals surface area contributed by atoms with Gasteiger partial charge in [0, 0.05) is 27.7 Å². The number of nitrogens with zero attached hydrogens (tertiary/aromatic N) is 2. The van der Waals surface area contributed by atoms with E-state index in [1.165, 1.54) is 30.3 Å². The molecule has 34 heavy (non-hydrogen) atoms. The molecule has 0 unspecified atom stereocenters. The van der Waals surface area contributed by atoms with Crippen LogP contribution in [-0.2, 0) is 9.53 Å². The van der Waals surface area contributed by atoms with Crippen LogP contribution in [0.3, 0.4) is 0 Å². The zero-order valence-electron chi connectivity index (χ0n) is 17.5. The van der Waals surface area contributed by atoms with Gasteiger partial charge in [-0.05, 0) is 65.3 Å². The zero-order valence-corrected chi connectivity index (χ0v) is 20.6. The molecule has 0 aromatic heterocycles. The van der Waals surface area contributed by atoms with Crippen molar-refractivity contribution in [1.82, 2.24) is 0 Å². The van der Waals surface area contributed by atoms with E-state index in [4.69, 9.17) is 9.47 Å². The summed E-state index contributed by atoms with van der Waals surface area (Å²) < 4.78 is 12.0. The molecule has 8 nitrogen and oxygen atoms in total. The molecule has 0 fully saturated rings. The second-order valence-electron chi connectivity index (χ2n) is 7.20. The number of hydrogen-bond acceptors (Lipinski definition) is 7. The number of cyclic esters (lactones) is 1. The molecule has 0 saturated heterocycles. The van der Waals surface area contributed by atoms with Gasteiger partial charge in [0.05, 0.1) is 15.0 Å². The van der Waals surface area contributed by atoms with Gasteiger partial charge < -0.3 is 9.47 Å². The number of non-ortho nitro benzene ring substituents is 1. The summed E-state index contributed by atoms with van der Waals surface area (Å²) in [7, 11) is 0. The summed E-state index contributed by atoms with van der Waals surface area (Å²) in [6.07, 6.45) is 1.46. The minimum atomic E-state index is -0.726. The minimum absolute atomic E-state index is 0.0354. The lowest BCUT2D eigenvalue weighted by atomic mass is 10.1. The van der Waals surface area contributed by atoms with Crippen molar-refractivity contribution in [2.24, 2.45) is 4.99 Å². The molecule has 0 spiro atoms. The molecule has 0 saturated carbocycles. The number of carbonyl (C=O) groups is 2. The molecule has 0 bridgehead atoms. The largest absolute Gasteiger partial charge is 0.421 e. The number of rotatable bonds is 5. The van der Waals surface area contributed by atoms with Crippen molar-refractivity contribution in [1.29, 1.82) is 0 Å². The highest BCUT2D eigenvalue weighted by Crippen LogP contribution is 2.36. The molecule has 0 N–H and O–H groups in total. The number of halogens is 2. The number of carbonyl (C=O) groups excluding carboxylic acids is 2. The SMILES string of the molecule is Cc1ccc(C2=N/C(=C\c3cc(Br)cc(Br)c3OC(=O)c3ccc([N+](=O)[O-])cc3)C(=O)O2)cc1. The molecular weight excluding hydrogens is 572 g/mol. The van der Waals surface area contributed by atoms with Crippen LogP contribution in [0.5, 0.6) is 5.75 Å². The lowest BCUT2D eigenvalue weighted by Crippen LogP contribution is -2.10. The molecule has 170 valence electrons. The molecule has 0 aliphatic carbocycles. The van der Waals surface area contributed by atoms with Gasteiger partial charge in [-0.15, -0.1) is 0 Å². The first-order chi connectivity index (χ1) is 16.2. The van der Waals surface area contributed by atoms with Crippen LogP contribution >= 0.6 is 31.9 Å². The quantitative estimate of drug-likeness (QED) is 0.120. The molecule has 3 aromatic rings. The van der Waals surface area contributed by atoms with Gasteiger partial charge in [0.2, 0.25) is 5.90 Å². The van der Waals surface area contributed by atoms with Crippen LogP contribution < -0.4 is 4.74 Å². The Hall–Kier alpha value is -3.63. The minimum Gasteiger partial charge on any atom is -0.421 e. The standard InChI is InChI=1S/C24H14Br2N2O6/c1-13-2-4-14(5-3-13)22-27-20(24(30)34-22)11-16-10-17(25)12-19(26)21(16)33-23(29)15-6-8-18(9-7-15)28(31)32/h2-12H,1H3/b20-11-. The van der Waals surface area contributed by atoms with Crippen molar-refractivity contribution >= 4 is 61.5 Å². The highest BCUT2D eigenvalue weighted by atomic mass is 79.9. The van der Waals surface area contributed by atoms with E-state index in [2.05, 4.69) is 36.9 Å². The van der Waals surface area contributed by atoms with E-state index in [-0.39, 0.29) is 28.6 Å². The Morgan fingerprint density at radius 3 is 2.41 bits per heavy atom. The molecule has 1 heterocycles. The summed E-state index contributed by atoms with van der Waals surface area (Å²) in [6, 6.07) is 15.7. The molecule has 3 aromatic carbocycles. The Balaban J connectivity index is 1.67. The Morgan fingerprint density at radius 1 is 1.09 bits per heavy atom. The molecular formula is C24H14Br2N2O6. The van der Waals surface area contributed by atoms with Gasteiger partial charge in [0.25, 0.3) is 5.69 Å². The van der Waals surface area contributed by atoms with E-state index in [0.29, 0.717) is 20.1 Å². The topological polar surface area (TPSA) is 108 Å². The number of ether oxygens (including phenoxy) is 2. The third kappa shape index (κ3) is 5.13. The first-order valence-electron chi connectivity index (χ1n) is 9.76. The molecule has 10 heteroatoms. The second-order valence-corrected chi connectivity index (χ2v) is 8.97. The van der Waals surface area contributed by atoms with Crippen molar-refractivity contribution in [2.75, 3.05) is 0 Å². The van der Waals surface area contributed by atoms with Crippen molar-refractivity contribution in [2.45, 2.75) is 6.92 Å². The number of hydrogen-bond donors (Lipinski definition) is 0. The first-order valence-corrected chi connectivity index (χ1v) is 11.3. The highest BCUT2D eigenvalue weighted by molar-refractivity contribution is 9.11. The molecule has 1 aliphatic heterocycles. The van der Waals surface area contributed by atoms with Gasteiger partial charge >= 0.3 is 11.9 Å². The van der Waals surface area contributed by atoms with Crippen LogP contribution in [0.2, 0.25) is 0 Å². The van der Waals surface area contributed by atoms with Crippen LogP contribution in [-0.4, -0.2) is 22.8 Å². The summed E-state index contributed by atoms with van der Waals surface area (Å²) in [6.45, 7) is 1.95. The van der Waals surface area contributed by atoms with Gasteiger partial charge in [0.1, 0.15) is 0 Å². The molecule has 0 atom stereocenters. The Morgan fingerprint density at radius 2 is 1.76 bits per heavy atom. The Bertz CT molecular complexity index is 1380. The third-order valence-corrected chi connectivity index (χ3v) is 5.80. The fraction of sp³-hybridized carbons (Fsp3) is 0.0417. The van der Waals surface area contributed by atoms with Crippen molar-refractivity contribution in [3.05, 3.63) is 108 Å². The number of nitro benzene ring substituents is 1. The number of nitro groups is 1. The molecule has 1 aliphatic rings. The van der Waals surface area contributed by atoms with Crippen LogP contribution in [0, 0.1) is 17.0 Å². The lowest BCUT2D eigenvalue weighted by molar-refractivity contribution is -0.384. The maximum absolute atomic E-state index is 12.7. The fourth-order valence-electron chi connectivity index (χ4n) is 3.04. The number of benzene rings is 3. The third-order valence-electron chi connectivity index (χ3n) is 4.76. The Kier molecular flexibility index (Phi) is 6.71. The molecule has 0 amide bonds. The number of esters is 2. The van der Waals surface area contributed by atoms with Gasteiger partial charge in [-0.2, -0.15) is 0 Å². The lowest BCUT2D eigenvalue weighted by Gasteiger charge is -2.11. The summed E-state index contributed by atoms with van der Waals surface area (Å²) >= 11 is 6.76. The molecule has 4 rings (SSSR count). The van der Waals surface area contributed by atoms with E-state index >= 15 is 0 Å². The zero-order chi connectivity index (χ0) is 24.4. The van der Waals surface area contributed by atoms with Crippen molar-refractivity contribution in [3.63, 3.8) is 0 Å². The van der Waals surface area contributed by atoms with Gasteiger partial charge in [-0.3, -0.25) is 10.1 Å². The average molecular weight is 586 g/mol. The van der Waals surface area contributed by atoms with E-state index in [9.17, 15) is 19.7 Å². The average Bonchev–Trinajstić information content (AvgIpc) is 3.16.